The number of hydrogen-bond donors (Lipinski definition) is 3. The van der Waals surface area contributed by atoms with Crippen molar-refractivity contribution < 1.29 is 24.2 Å². The largest absolute Gasteiger partial charge is 0.480 e. The van der Waals surface area contributed by atoms with Crippen LogP contribution in [0.3, 0.4) is 0 Å². The summed E-state index contributed by atoms with van der Waals surface area (Å²) in [5.74, 6) is -0.827. The molecule has 2 aromatic carbocycles. The molecular formula is C28H32N2O5. The third-order valence-electron chi connectivity index (χ3n) is 8.14. The molecule has 184 valence electrons. The number of nitrogens with one attached hydrogen (secondary N) is 2. The number of benzene rings is 2. The van der Waals surface area contributed by atoms with E-state index in [1.54, 1.807) is 0 Å². The summed E-state index contributed by atoms with van der Waals surface area (Å²) in [6, 6.07) is 16.3. The Labute approximate surface area is 205 Å². The zero-order valence-corrected chi connectivity index (χ0v) is 20.0. The van der Waals surface area contributed by atoms with Gasteiger partial charge in [0, 0.05) is 12.5 Å². The van der Waals surface area contributed by atoms with E-state index in [1.807, 2.05) is 24.3 Å². The van der Waals surface area contributed by atoms with Crippen LogP contribution in [-0.2, 0) is 14.3 Å². The van der Waals surface area contributed by atoms with Gasteiger partial charge in [-0.15, -0.1) is 0 Å². The lowest BCUT2D eigenvalue weighted by atomic mass is 9.76. The first kappa shape index (κ1) is 23.4. The van der Waals surface area contributed by atoms with Gasteiger partial charge in [0.1, 0.15) is 12.1 Å². The van der Waals surface area contributed by atoms with Crippen molar-refractivity contribution in [3.63, 3.8) is 0 Å². The summed E-state index contributed by atoms with van der Waals surface area (Å²) in [6.07, 6.45) is 3.10. The van der Waals surface area contributed by atoms with Gasteiger partial charge < -0.3 is 20.5 Å². The second-order valence-corrected chi connectivity index (χ2v) is 10.5. The Morgan fingerprint density at radius 1 is 0.943 bits per heavy atom. The van der Waals surface area contributed by atoms with Crippen LogP contribution in [0, 0.1) is 11.3 Å². The molecule has 2 aromatic rings. The van der Waals surface area contributed by atoms with Crippen LogP contribution in [0.5, 0.6) is 0 Å². The smallest absolute Gasteiger partial charge is 0.407 e. The van der Waals surface area contributed by atoms with Crippen molar-refractivity contribution in [3.05, 3.63) is 59.7 Å². The Hall–Kier alpha value is -3.35. The van der Waals surface area contributed by atoms with Crippen molar-refractivity contribution in [1.82, 2.24) is 10.6 Å². The van der Waals surface area contributed by atoms with Crippen LogP contribution >= 0.6 is 0 Å². The lowest BCUT2D eigenvalue weighted by Crippen LogP contribution is -2.58. The quantitative estimate of drug-likeness (QED) is 0.547. The third kappa shape index (κ3) is 4.40. The molecule has 2 amide bonds. The van der Waals surface area contributed by atoms with Gasteiger partial charge in [-0.1, -0.05) is 55.5 Å². The number of alkyl carbamates (subject to hydrolysis) is 1. The van der Waals surface area contributed by atoms with Crippen molar-refractivity contribution in [2.75, 3.05) is 13.2 Å². The van der Waals surface area contributed by atoms with Crippen molar-refractivity contribution in [3.8, 4) is 11.1 Å². The monoisotopic (exact) mass is 476 g/mol. The van der Waals surface area contributed by atoms with Gasteiger partial charge in [0.15, 0.2) is 0 Å². The lowest BCUT2D eigenvalue weighted by Gasteiger charge is -2.37. The van der Waals surface area contributed by atoms with E-state index in [0.717, 1.165) is 35.1 Å². The highest BCUT2D eigenvalue weighted by Crippen LogP contribution is 2.47. The molecule has 3 aliphatic rings. The zero-order chi connectivity index (χ0) is 24.6. The number of fused-ring (bicyclic) bond motifs is 3. The third-order valence-corrected chi connectivity index (χ3v) is 8.14. The minimum absolute atomic E-state index is 0.0320. The molecule has 2 saturated carbocycles. The van der Waals surface area contributed by atoms with Crippen LogP contribution in [-0.4, -0.2) is 41.8 Å². The van der Waals surface area contributed by atoms with E-state index in [1.165, 1.54) is 0 Å². The second kappa shape index (κ2) is 9.02. The van der Waals surface area contributed by atoms with Crippen LogP contribution in [0.25, 0.3) is 11.1 Å². The topological polar surface area (TPSA) is 105 Å². The van der Waals surface area contributed by atoms with Crippen molar-refractivity contribution in [2.24, 2.45) is 11.3 Å². The summed E-state index contributed by atoms with van der Waals surface area (Å²) < 4.78 is 5.59. The van der Waals surface area contributed by atoms with Gasteiger partial charge in [-0.3, -0.25) is 4.79 Å². The standard InChI is InChI=1S/C28H32N2O5/c1-18-10-12-28(13-11-18,25(32)33)30-24(31)27(14-15-27)17-29-26(34)35-16-23-21-8-4-2-6-19(21)20-7-3-5-9-22(20)23/h2-9,18,23H,10-17H2,1H3,(H,29,34)(H,30,31)(H,32,33). The highest BCUT2D eigenvalue weighted by molar-refractivity contribution is 5.92. The Bertz CT molecular complexity index is 1100. The summed E-state index contributed by atoms with van der Waals surface area (Å²) >= 11 is 0. The number of carbonyl (C=O) groups excluding carboxylic acids is 2. The van der Waals surface area contributed by atoms with Crippen molar-refractivity contribution in [1.29, 1.82) is 0 Å². The predicted molar refractivity (Wildman–Crippen MR) is 131 cm³/mol. The Morgan fingerprint density at radius 2 is 1.51 bits per heavy atom. The van der Waals surface area contributed by atoms with E-state index in [2.05, 4.69) is 41.8 Å². The summed E-state index contributed by atoms with van der Waals surface area (Å²) in [4.78, 5) is 37.6. The molecule has 35 heavy (non-hydrogen) atoms. The van der Waals surface area contributed by atoms with Crippen LogP contribution in [0.15, 0.2) is 48.5 Å². The second-order valence-electron chi connectivity index (χ2n) is 10.5. The number of aliphatic carboxylic acids is 1. The van der Waals surface area contributed by atoms with Gasteiger partial charge in [-0.05, 0) is 66.7 Å². The molecule has 0 aromatic heterocycles. The van der Waals surface area contributed by atoms with Crippen LogP contribution < -0.4 is 10.6 Å². The lowest BCUT2D eigenvalue weighted by molar-refractivity contribution is -0.150. The molecule has 5 rings (SSSR count). The maximum Gasteiger partial charge on any atom is 0.407 e. The summed E-state index contributed by atoms with van der Waals surface area (Å²) in [6.45, 7) is 2.45. The van der Waals surface area contributed by atoms with E-state index >= 15 is 0 Å². The number of ether oxygens (including phenoxy) is 1. The van der Waals surface area contributed by atoms with E-state index in [-0.39, 0.29) is 25.0 Å². The molecule has 0 atom stereocenters. The number of amides is 2. The fourth-order valence-electron chi connectivity index (χ4n) is 5.52. The summed E-state index contributed by atoms with van der Waals surface area (Å²) in [7, 11) is 0. The molecule has 3 aliphatic carbocycles. The van der Waals surface area contributed by atoms with Gasteiger partial charge in [-0.25, -0.2) is 9.59 Å². The van der Waals surface area contributed by atoms with Crippen LogP contribution in [0.1, 0.15) is 62.5 Å². The molecule has 0 heterocycles. The summed E-state index contributed by atoms with van der Waals surface area (Å²) in [5, 5.41) is 15.4. The number of hydrogen-bond acceptors (Lipinski definition) is 4. The first-order valence-corrected chi connectivity index (χ1v) is 12.5. The fraction of sp³-hybridized carbons (Fsp3) is 0.464. The van der Waals surface area contributed by atoms with Crippen molar-refractivity contribution in [2.45, 2.75) is 56.9 Å². The summed E-state index contributed by atoms with van der Waals surface area (Å²) in [5.41, 5.74) is 2.64. The number of carbonyl (C=O) groups is 3. The molecule has 0 unspecified atom stereocenters. The van der Waals surface area contributed by atoms with Gasteiger partial charge in [-0.2, -0.15) is 0 Å². The minimum Gasteiger partial charge on any atom is -0.480 e. The van der Waals surface area contributed by atoms with E-state index in [4.69, 9.17) is 4.74 Å². The Balaban J connectivity index is 1.17. The molecule has 0 saturated heterocycles. The zero-order valence-electron chi connectivity index (χ0n) is 20.0. The number of rotatable bonds is 7. The van der Waals surface area contributed by atoms with Gasteiger partial charge in [0.2, 0.25) is 5.91 Å². The van der Waals surface area contributed by atoms with Crippen LogP contribution in [0.4, 0.5) is 4.79 Å². The SMILES string of the molecule is CC1CCC(NC(=O)C2(CNC(=O)OCC3c4ccccc4-c4ccccc43)CC2)(C(=O)O)CC1. The predicted octanol–water partition coefficient (Wildman–Crippen LogP) is 4.46. The van der Waals surface area contributed by atoms with E-state index in [9.17, 15) is 19.5 Å². The molecule has 7 heteroatoms. The van der Waals surface area contributed by atoms with E-state index < -0.39 is 23.0 Å². The first-order valence-electron chi connectivity index (χ1n) is 12.5. The van der Waals surface area contributed by atoms with Crippen molar-refractivity contribution >= 4 is 18.0 Å². The molecule has 0 aliphatic heterocycles. The molecule has 0 spiro atoms. The fourth-order valence-corrected chi connectivity index (χ4v) is 5.52. The Kier molecular flexibility index (Phi) is 6.03. The van der Waals surface area contributed by atoms with Gasteiger partial charge in [0.25, 0.3) is 0 Å². The molecule has 3 N–H and O–H groups in total. The van der Waals surface area contributed by atoms with Gasteiger partial charge in [0.05, 0.1) is 5.41 Å². The molecular weight excluding hydrogens is 444 g/mol. The molecule has 2 fully saturated rings. The number of carboxylic acid groups (broad SMARTS) is 1. The Morgan fingerprint density at radius 3 is 2.06 bits per heavy atom. The minimum atomic E-state index is -1.21. The number of carboxylic acids is 1. The van der Waals surface area contributed by atoms with Gasteiger partial charge >= 0.3 is 12.1 Å². The normalized spacial score (nSPS) is 24.1. The van der Waals surface area contributed by atoms with Crippen LogP contribution in [0.2, 0.25) is 0 Å². The molecule has 0 bridgehead atoms. The van der Waals surface area contributed by atoms with E-state index in [0.29, 0.717) is 31.6 Å². The highest BCUT2D eigenvalue weighted by Gasteiger charge is 2.53. The first-order chi connectivity index (χ1) is 16.8. The maximum atomic E-state index is 13.1. The molecule has 7 nitrogen and oxygen atoms in total. The average molecular weight is 477 g/mol. The average Bonchev–Trinajstić information content (AvgIpc) is 3.60. The molecule has 0 radical (unpaired) electrons. The highest BCUT2D eigenvalue weighted by atomic mass is 16.5. The maximum absolute atomic E-state index is 13.1.